The van der Waals surface area contributed by atoms with Crippen LogP contribution in [0.15, 0.2) is 18.2 Å². The number of nitrogens with two attached hydrogens (primary N) is 1. The molecule has 1 aromatic rings. The fourth-order valence-electron chi connectivity index (χ4n) is 1.28. The second kappa shape index (κ2) is 4.50. The van der Waals surface area contributed by atoms with Gasteiger partial charge in [-0.05, 0) is 30.2 Å². The standard InChI is InChI=1S/C10H14FNO2/c1-6(14)10(12)9-4-8(11)3-2-7(9)5-13/h2-4,6,10,13-14H,5,12H2,1H3/t6-,10+/m1/s1. The van der Waals surface area contributed by atoms with E-state index in [9.17, 15) is 9.50 Å². The van der Waals surface area contributed by atoms with Crippen LogP contribution in [0.3, 0.4) is 0 Å². The van der Waals surface area contributed by atoms with Crippen molar-refractivity contribution in [3.8, 4) is 0 Å². The lowest BCUT2D eigenvalue weighted by molar-refractivity contribution is 0.162. The highest BCUT2D eigenvalue weighted by Crippen LogP contribution is 2.20. The van der Waals surface area contributed by atoms with Crippen molar-refractivity contribution in [1.29, 1.82) is 0 Å². The van der Waals surface area contributed by atoms with Gasteiger partial charge in [-0.2, -0.15) is 0 Å². The Morgan fingerprint density at radius 1 is 1.50 bits per heavy atom. The Labute approximate surface area is 82.0 Å². The summed E-state index contributed by atoms with van der Waals surface area (Å²) in [6, 6.07) is 3.28. The van der Waals surface area contributed by atoms with E-state index in [0.29, 0.717) is 11.1 Å². The summed E-state index contributed by atoms with van der Waals surface area (Å²) in [6.45, 7) is 1.31. The summed E-state index contributed by atoms with van der Waals surface area (Å²) in [7, 11) is 0. The molecule has 4 heteroatoms. The van der Waals surface area contributed by atoms with Crippen LogP contribution in [0.1, 0.15) is 24.1 Å². The minimum absolute atomic E-state index is 0.212. The molecule has 0 unspecified atom stereocenters. The maximum atomic E-state index is 12.9. The molecular weight excluding hydrogens is 185 g/mol. The number of aliphatic hydroxyl groups excluding tert-OH is 2. The van der Waals surface area contributed by atoms with E-state index in [1.165, 1.54) is 25.1 Å². The van der Waals surface area contributed by atoms with Crippen LogP contribution in [-0.2, 0) is 6.61 Å². The van der Waals surface area contributed by atoms with Gasteiger partial charge >= 0.3 is 0 Å². The predicted octanol–water partition coefficient (Wildman–Crippen LogP) is 0.699. The molecule has 0 fully saturated rings. The van der Waals surface area contributed by atoms with E-state index in [1.807, 2.05) is 0 Å². The van der Waals surface area contributed by atoms with E-state index < -0.39 is 18.0 Å². The summed E-state index contributed by atoms with van der Waals surface area (Å²) in [5.41, 5.74) is 6.64. The summed E-state index contributed by atoms with van der Waals surface area (Å²) in [5.74, 6) is -0.423. The van der Waals surface area contributed by atoms with Gasteiger partial charge in [-0.15, -0.1) is 0 Å². The monoisotopic (exact) mass is 199 g/mol. The van der Waals surface area contributed by atoms with Crippen LogP contribution in [0.2, 0.25) is 0 Å². The van der Waals surface area contributed by atoms with Crippen LogP contribution < -0.4 is 5.73 Å². The molecule has 78 valence electrons. The third kappa shape index (κ3) is 2.29. The molecule has 0 aliphatic rings. The Morgan fingerprint density at radius 2 is 2.14 bits per heavy atom. The molecule has 0 heterocycles. The van der Waals surface area contributed by atoms with Gasteiger partial charge in [-0.1, -0.05) is 6.07 Å². The average Bonchev–Trinajstić information content (AvgIpc) is 2.16. The molecular formula is C10H14FNO2. The normalized spacial score (nSPS) is 15.2. The Bertz CT molecular complexity index is 315. The zero-order chi connectivity index (χ0) is 10.7. The van der Waals surface area contributed by atoms with Crippen molar-refractivity contribution in [2.45, 2.75) is 25.7 Å². The van der Waals surface area contributed by atoms with Crippen molar-refractivity contribution in [1.82, 2.24) is 0 Å². The van der Waals surface area contributed by atoms with Crippen molar-refractivity contribution >= 4 is 0 Å². The van der Waals surface area contributed by atoms with Gasteiger partial charge in [0.2, 0.25) is 0 Å². The fraction of sp³-hybridized carbons (Fsp3) is 0.400. The number of hydrogen-bond donors (Lipinski definition) is 3. The lowest BCUT2D eigenvalue weighted by Gasteiger charge is -2.18. The first-order valence-electron chi connectivity index (χ1n) is 4.39. The maximum Gasteiger partial charge on any atom is 0.123 e. The van der Waals surface area contributed by atoms with Crippen molar-refractivity contribution in [3.63, 3.8) is 0 Å². The molecule has 14 heavy (non-hydrogen) atoms. The summed E-state index contributed by atoms with van der Waals surface area (Å²) in [6.07, 6.45) is -0.776. The summed E-state index contributed by atoms with van der Waals surface area (Å²) >= 11 is 0. The second-order valence-electron chi connectivity index (χ2n) is 3.27. The minimum Gasteiger partial charge on any atom is -0.392 e. The van der Waals surface area contributed by atoms with E-state index in [-0.39, 0.29) is 6.61 Å². The Balaban J connectivity index is 3.10. The molecule has 2 atom stereocenters. The van der Waals surface area contributed by atoms with Crippen LogP contribution in [0.4, 0.5) is 4.39 Å². The SMILES string of the molecule is C[C@@H](O)[C@H](N)c1cc(F)ccc1CO. The molecule has 0 aromatic heterocycles. The molecule has 0 saturated carbocycles. The average molecular weight is 199 g/mol. The molecule has 0 saturated heterocycles. The quantitative estimate of drug-likeness (QED) is 0.671. The number of hydrogen-bond acceptors (Lipinski definition) is 3. The van der Waals surface area contributed by atoms with Crippen molar-refractivity contribution < 1.29 is 14.6 Å². The van der Waals surface area contributed by atoms with Gasteiger partial charge < -0.3 is 15.9 Å². The van der Waals surface area contributed by atoms with Crippen molar-refractivity contribution in [2.75, 3.05) is 0 Å². The maximum absolute atomic E-state index is 12.9. The van der Waals surface area contributed by atoms with Gasteiger partial charge in [-0.3, -0.25) is 0 Å². The summed E-state index contributed by atoms with van der Waals surface area (Å²) < 4.78 is 12.9. The number of aliphatic hydroxyl groups is 2. The Hall–Kier alpha value is -0.970. The predicted molar refractivity (Wildman–Crippen MR) is 50.9 cm³/mol. The van der Waals surface area contributed by atoms with E-state index in [2.05, 4.69) is 0 Å². The van der Waals surface area contributed by atoms with Crippen LogP contribution >= 0.6 is 0 Å². The van der Waals surface area contributed by atoms with E-state index in [1.54, 1.807) is 0 Å². The number of rotatable bonds is 3. The van der Waals surface area contributed by atoms with E-state index in [4.69, 9.17) is 10.8 Å². The first kappa shape index (κ1) is 11.1. The van der Waals surface area contributed by atoms with Crippen molar-refractivity contribution in [2.24, 2.45) is 5.73 Å². The molecule has 1 aromatic carbocycles. The molecule has 0 spiro atoms. The Kier molecular flexibility index (Phi) is 3.57. The van der Waals surface area contributed by atoms with E-state index in [0.717, 1.165) is 0 Å². The zero-order valence-electron chi connectivity index (χ0n) is 7.94. The molecule has 0 bridgehead atoms. The molecule has 0 aliphatic heterocycles. The van der Waals surface area contributed by atoms with Crippen LogP contribution in [-0.4, -0.2) is 16.3 Å². The van der Waals surface area contributed by atoms with Gasteiger partial charge in [0.05, 0.1) is 18.8 Å². The van der Waals surface area contributed by atoms with Crippen LogP contribution in [0.5, 0.6) is 0 Å². The molecule has 3 nitrogen and oxygen atoms in total. The lowest BCUT2D eigenvalue weighted by atomic mass is 9.98. The minimum atomic E-state index is -0.776. The summed E-state index contributed by atoms with van der Waals surface area (Å²) in [5, 5.41) is 18.2. The third-order valence-electron chi connectivity index (χ3n) is 2.16. The van der Waals surface area contributed by atoms with Gasteiger partial charge in [0.1, 0.15) is 5.82 Å². The third-order valence-corrected chi connectivity index (χ3v) is 2.16. The van der Waals surface area contributed by atoms with Gasteiger partial charge in [0, 0.05) is 0 Å². The number of halogens is 1. The van der Waals surface area contributed by atoms with Gasteiger partial charge in [0.15, 0.2) is 0 Å². The molecule has 0 radical (unpaired) electrons. The zero-order valence-corrected chi connectivity index (χ0v) is 7.94. The smallest absolute Gasteiger partial charge is 0.123 e. The first-order valence-corrected chi connectivity index (χ1v) is 4.39. The highest BCUT2D eigenvalue weighted by atomic mass is 19.1. The number of benzene rings is 1. The highest BCUT2D eigenvalue weighted by molar-refractivity contribution is 5.30. The molecule has 4 N–H and O–H groups in total. The largest absolute Gasteiger partial charge is 0.392 e. The van der Waals surface area contributed by atoms with Gasteiger partial charge in [0.25, 0.3) is 0 Å². The highest BCUT2D eigenvalue weighted by Gasteiger charge is 2.16. The lowest BCUT2D eigenvalue weighted by Crippen LogP contribution is -2.24. The molecule has 0 aliphatic carbocycles. The molecule has 1 rings (SSSR count). The van der Waals surface area contributed by atoms with Gasteiger partial charge in [-0.25, -0.2) is 4.39 Å². The van der Waals surface area contributed by atoms with Crippen molar-refractivity contribution in [3.05, 3.63) is 35.1 Å². The Morgan fingerprint density at radius 3 is 2.64 bits per heavy atom. The topological polar surface area (TPSA) is 66.5 Å². The summed E-state index contributed by atoms with van der Waals surface area (Å²) in [4.78, 5) is 0. The van der Waals surface area contributed by atoms with E-state index >= 15 is 0 Å². The first-order chi connectivity index (χ1) is 6.56. The fourth-order valence-corrected chi connectivity index (χ4v) is 1.28. The van der Waals surface area contributed by atoms with Crippen LogP contribution in [0.25, 0.3) is 0 Å². The second-order valence-corrected chi connectivity index (χ2v) is 3.27. The van der Waals surface area contributed by atoms with Crippen LogP contribution in [0, 0.1) is 5.82 Å². The molecule has 0 amide bonds.